The Morgan fingerprint density at radius 3 is 1.10 bits per heavy atom. The van der Waals surface area contributed by atoms with Crippen molar-refractivity contribution < 1.29 is 9.31 Å². The van der Waals surface area contributed by atoms with Crippen LogP contribution in [0.5, 0.6) is 0 Å². The van der Waals surface area contributed by atoms with E-state index in [-0.39, 0.29) is 18.3 Å². The van der Waals surface area contributed by atoms with Crippen molar-refractivity contribution in [1.82, 2.24) is 9.13 Å². The largest absolute Gasteiger partial charge is 0.494 e. The molecule has 3 heterocycles. The fourth-order valence-electron chi connectivity index (χ4n) is 11.6. The molecule has 0 bridgehead atoms. The van der Waals surface area contributed by atoms with Crippen molar-refractivity contribution in [2.45, 2.75) is 38.9 Å². The molecule has 0 unspecified atom stereocenters. The van der Waals surface area contributed by atoms with Crippen LogP contribution in [0.15, 0.2) is 300 Å². The van der Waals surface area contributed by atoms with Crippen LogP contribution in [0.3, 0.4) is 0 Å². The summed E-state index contributed by atoms with van der Waals surface area (Å²) in [6.45, 7) is 8.37. The lowest BCUT2D eigenvalue weighted by molar-refractivity contribution is 0.00578. The quantitative estimate of drug-likeness (QED) is 0.112. The summed E-state index contributed by atoms with van der Waals surface area (Å²) in [4.78, 5) is 0. The van der Waals surface area contributed by atoms with Crippen LogP contribution in [0.25, 0.3) is 111 Å². The molecule has 0 spiro atoms. The Hall–Kier alpha value is -8.09. The molecule has 1 fully saturated rings. The molecular formula is C78H60BBr2IN2O2. The van der Waals surface area contributed by atoms with Crippen LogP contribution >= 0.6 is 54.5 Å². The van der Waals surface area contributed by atoms with Crippen molar-refractivity contribution in [2.75, 3.05) is 0 Å². The van der Waals surface area contributed by atoms with Gasteiger partial charge in [0.25, 0.3) is 0 Å². The van der Waals surface area contributed by atoms with Crippen molar-refractivity contribution in [3.05, 3.63) is 304 Å². The van der Waals surface area contributed by atoms with Gasteiger partial charge in [-0.2, -0.15) is 0 Å². The van der Waals surface area contributed by atoms with Gasteiger partial charge in [0.15, 0.2) is 0 Å². The Kier molecular flexibility index (Phi) is 16.1. The minimum absolute atomic E-state index is 0.367. The molecule has 4 nitrogen and oxygen atoms in total. The van der Waals surface area contributed by atoms with Crippen LogP contribution in [0, 0.1) is 3.57 Å². The van der Waals surface area contributed by atoms with E-state index in [1.807, 2.05) is 12.1 Å². The summed E-state index contributed by atoms with van der Waals surface area (Å²) in [6, 6.07) is 104. The van der Waals surface area contributed by atoms with Crippen LogP contribution in [0.1, 0.15) is 27.7 Å². The Balaban J connectivity index is 0.000000141. The van der Waals surface area contributed by atoms with Gasteiger partial charge in [-0.15, -0.1) is 0 Å². The minimum Gasteiger partial charge on any atom is -0.399 e. The summed E-state index contributed by atoms with van der Waals surface area (Å²) >= 11 is 9.24. The number of nitrogens with zero attached hydrogens (tertiary/aromatic N) is 2. The zero-order valence-corrected chi connectivity index (χ0v) is 53.5. The molecule has 2 aromatic heterocycles. The molecular weight excluding hydrogens is 1290 g/mol. The number of hydrogen-bond donors (Lipinski definition) is 0. The number of fused-ring (bicyclic) bond motifs is 6. The van der Waals surface area contributed by atoms with Gasteiger partial charge in [0.2, 0.25) is 0 Å². The smallest absolute Gasteiger partial charge is 0.399 e. The van der Waals surface area contributed by atoms with E-state index in [4.69, 9.17) is 9.31 Å². The summed E-state index contributed by atoms with van der Waals surface area (Å²) in [7, 11) is -0.380. The van der Waals surface area contributed by atoms with Gasteiger partial charge in [-0.3, -0.25) is 0 Å². The highest BCUT2D eigenvalue weighted by Gasteiger charge is 2.51. The molecule has 15 rings (SSSR count). The van der Waals surface area contributed by atoms with E-state index in [1.165, 1.54) is 103 Å². The van der Waals surface area contributed by atoms with Crippen LogP contribution in [0.2, 0.25) is 0 Å². The van der Waals surface area contributed by atoms with Crippen molar-refractivity contribution in [2.24, 2.45) is 0 Å². The second-order valence-corrected chi connectivity index (χ2v) is 25.8. The zero-order valence-electron chi connectivity index (χ0n) is 48.1. The highest BCUT2D eigenvalue weighted by atomic mass is 127. The predicted octanol–water partition coefficient (Wildman–Crippen LogP) is 22.0. The maximum Gasteiger partial charge on any atom is 0.494 e. The third-order valence-corrected chi connectivity index (χ3v) is 18.4. The normalized spacial score (nSPS) is 13.4. The van der Waals surface area contributed by atoms with E-state index in [1.54, 1.807) is 0 Å². The standard InChI is InChI=1S/C36H32BNO2.C36H24BrN.C6H4BrI/c1-35(2)36(3,4)40-37(39-35)29-14-10-13-27(23-29)28-19-22-34-32(24-28)31-15-8-9-16-33(31)38(34)30-20-17-26(18-21-30)25-11-6-5-7-12-25;37-31-13-7-12-29(23-31)27-10-6-11-28(22-27)30-18-21-36-34(24-30)33-14-4-5-15-35(33)38(36)32-19-16-26(17-20-32)25-8-2-1-3-9-25;7-5-2-1-3-6(8)4-5/h5-24H,1-4H3;1-24H;1-4H. The summed E-state index contributed by atoms with van der Waals surface area (Å²) in [5.74, 6) is 0. The highest BCUT2D eigenvalue weighted by Crippen LogP contribution is 2.40. The maximum absolute atomic E-state index is 6.33. The average molecular weight is 1350 g/mol. The SMILES string of the molecule is Brc1cccc(-c2cccc(-c3ccc4c(c3)c3ccccc3n4-c3ccc(-c4ccccc4)cc3)c2)c1.Brc1cccc(I)c1.CC1(C)OB(c2cccc(-c3ccc4c(c3)c3ccccc3n4-c3ccc(-c4ccccc4)cc3)c2)OC1(C)C. The van der Waals surface area contributed by atoms with Crippen LogP contribution in [-0.2, 0) is 9.31 Å². The highest BCUT2D eigenvalue weighted by molar-refractivity contribution is 14.1. The van der Waals surface area contributed by atoms with Gasteiger partial charge >= 0.3 is 7.12 Å². The lowest BCUT2D eigenvalue weighted by atomic mass is 9.78. The molecule has 0 radical (unpaired) electrons. The molecule has 0 saturated carbocycles. The van der Waals surface area contributed by atoms with Crippen LogP contribution in [0.4, 0.5) is 0 Å². The fraction of sp³-hybridized carbons (Fsp3) is 0.0769. The molecule has 1 aliphatic heterocycles. The molecule has 14 aromatic rings. The molecule has 1 aliphatic rings. The molecule has 8 heteroatoms. The third kappa shape index (κ3) is 11.7. The Morgan fingerprint density at radius 2 is 0.651 bits per heavy atom. The second kappa shape index (κ2) is 24.4. The first-order chi connectivity index (χ1) is 41.8. The molecule has 1 saturated heterocycles. The second-order valence-electron chi connectivity index (χ2n) is 22.7. The van der Waals surface area contributed by atoms with Gasteiger partial charge < -0.3 is 18.4 Å². The number of benzene rings is 12. The summed E-state index contributed by atoms with van der Waals surface area (Å²) in [5.41, 5.74) is 19.5. The lowest BCUT2D eigenvalue weighted by Gasteiger charge is -2.32. The summed E-state index contributed by atoms with van der Waals surface area (Å²) in [5, 5.41) is 5.01. The van der Waals surface area contributed by atoms with Gasteiger partial charge in [0.05, 0.1) is 33.3 Å². The minimum atomic E-state index is -0.380. The lowest BCUT2D eigenvalue weighted by Crippen LogP contribution is -2.41. The van der Waals surface area contributed by atoms with Gasteiger partial charge in [-0.05, 0) is 208 Å². The summed E-state index contributed by atoms with van der Waals surface area (Å²) in [6.07, 6.45) is 0. The molecule has 0 amide bonds. The molecule has 86 heavy (non-hydrogen) atoms. The number of aromatic nitrogens is 2. The topological polar surface area (TPSA) is 28.3 Å². The van der Waals surface area contributed by atoms with Crippen LogP contribution < -0.4 is 5.46 Å². The first kappa shape index (κ1) is 57.0. The van der Waals surface area contributed by atoms with Gasteiger partial charge in [0, 0.05) is 45.4 Å². The van der Waals surface area contributed by atoms with Crippen LogP contribution in [-0.4, -0.2) is 27.5 Å². The monoisotopic (exact) mass is 1350 g/mol. The van der Waals surface area contributed by atoms with Gasteiger partial charge in [0.1, 0.15) is 0 Å². The predicted molar refractivity (Wildman–Crippen MR) is 379 cm³/mol. The van der Waals surface area contributed by atoms with E-state index < -0.39 is 0 Å². The first-order valence-corrected chi connectivity index (χ1v) is 31.6. The Morgan fingerprint density at radius 1 is 0.302 bits per heavy atom. The van der Waals surface area contributed by atoms with E-state index >= 15 is 0 Å². The van der Waals surface area contributed by atoms with Crippen molar-refractivity contribution in [1.29, 1.82) is 0 Å². The number of hydrogen-bond acceptors (Lipinski definition) is 2. The van der Waals surface area contributed by atoms with Gasteiger partial charge in [-0.25, -0.2) is 0 Å². The number of para-hydroxylation sites is 2. The summed E-state index contributed by atoms with van der Waals surface area (Å²) < 4.78 is 20.9. The number of rotatable bonds is 8. The Labute approximate surface area is 534 Å². The molecule has 0 atom stereocenters. The van der Waals surface area contributed by atoms with E-state index in [0.717, 1.165) is 25.7 Å². The maximum atomic E-state index is 6.33. The molecule has 418 valence electrons. The number of halogens is 3. The van der Waals surface area contributed by atoms with E-state index in [0.29, 0.717) is 0 Å². The average Bonchev–Trinajstić information content (AvgIpc) is 1.73. The molecule has 0 aliphatic carbocycles. The van der Waals surface area contributed by atoms with Crippen molar-refractivity contribution in [3.8, 4) is 67.0 Å². The first-order valence-electron chi connectivity index (χ1n) is 29.0. The van der Waals surface area contributed by atoms with Crippen molar-refractivity contribution in [3.63, 3.8) is 0 Å². The van der Waals surface area contributed by atoms with Gasteiger partial charge in [-0.1, -0.05) is 226 Å². The van der Waals surface area contributed by atoms with E-state index in [9.17, 15) is 0 Å². The zero-order chi connectivity index (χ0) is 58.9. The molecule has 0 N–H and O–H groups in total. The van der Waals surface area contributed by atoms with Crippen molar-refractivity contribution >= 4 is 111 Å². The molecule has 12 aromatic carbocycles. The fourth-order valence-corrected chi connectivity index (χ4v) is 13.3. The third-order valence-electron chi connectivity index (χ3n) is 16.7. The van der Waals surface area contributed by atoms with E-state index in [2.05, 4.69) is 370 Å². The Bertz CT molecular complexity index is 4720.